The Labute approximate surface area is 80.2 Å². The fourth-order valence-electron chi connectivity index (χ4n) is 1.37. The van der Waals surface area contributed by atoms with Crippen LogP contribution in [0.3, 0.4) is 0 Å². The van der Waals surface area contributed by atoms with Crippen molar-refractivity contribution in [1.82, 2.24) is 0 Å². The molecule has 1 saturated carbocycles. The topological polar surface area (TPSA) is 67.5 Å². The van der Waals surface area contributed by atoms with Gasteiger partial charge in [-0.05, 0) is 19.8 Å². The van der Waals surface area contributed by atoms with Gasteiger partial charge in [-0.2, -0.15) is 0 Å². The first-order valence-corrected chi connectivity index (χ1v) is 4.47. The van der Waals surface area contributed by atoms with E-state index in [4.69, 9.17) is 4.42 Å². The highest BCUT2D eigenvalue weighted by molar-refractivity contribution is 6.01. The van der Waals surface area contributed by atoms with Crippen molar-refractivity contribution in [2.75, 3.05) is 0 Å². The van der Waals surface area contributed by atoms with Crippen LogP contribution in [0.4, 0.5) is 0 Å². The molecule has 0 aliphatic heterocycles. The summed E-state index contributed by atoms with van der Waals surface area (Å²) in [5.74, 6) is -0.349. The smallest absolute Gasteiger partial charge is 0.350 e. The molecular formula is C10H10O4. The van der Waals surface area contributed by atoms with Crippen molar-refractivity contribution in [3.05, 3.63) is 27.8 Å². The molecule has 1 aliphatic rings. The average Bonchev–Trinajstić information content (AvgIpc) is 2.83. The second kappa shape index (κ2) is 2.97. The standard InChI is InChI=1S/C10H10O4/c1-5-4-7(11)8(10(13)14-5)9(12)6-2-3-6/h4,6,11H,2-3H2,1H3. The Balaban J connectivity index is 2.51. The van der Waals surface area contributed by atoms with Crippen molar-refractivity contribution in [2.24, 2.45) is 5.92 Å². The molecule has 4 nitrogen and oxygen atoms in total. The summed E-state index contributed by atoms with van der Waals surface area (Å²) < 4.78 is 4.75. The average molecular weight is 194 g/mol. The minimum absolute atomic E-state index is 0.0912. The molecule has 74 valence electrons. The molecule has 0 atom stereocenters. The summed E-state index contributed by atoms with van der Waals surface area (Å²) in [4.78, 5) is 22.8. The summed E-state index contributed by atoms with van der Waals surface area (Å²) in [6.07, 6.45) is 1.59. The van der Waals surface area contributed by atoms with Crippen LogP contribution in [0.5, 0.6) is 5.75 Å². The number of ketones is 1. The molecule has 1 aliphatic carbocycles. The van der Waals surface area contributed by atoms with Crippen LogP contribution in [0.15, 0.2) is 15.3 Å². The van der Waals surface area contributed by atoms with Gasteiger partial charge in [0.15, 0.2) is 5.78 Å². The summed E-state index contributed by atoms with van der Waals surface area (Å²) in [7, 11) is 0. The Kier molecular flexibility index (Phi) is 1.91. The molecule has 0 aromatic carbocycles. The van der Waals surface area contributed by atoms with Gasteiger partial charge in [0, 0.05) is 12.0 Å². The van der Waals surface area contributed by atoms with Crippen LogP contribution in [-0.2, 0) is 0 Å². The van der Waals surface area contributed by atoms with Crippen molar-refractivity contribution < 1.29 is 14.3 Å². The van der Waals surface area contributed by atoms with Crippen molar-refractivity contribution in [2.45, 2.75) is 19.8 Å². The third-order valence-electron chi connectivity index (χ3n) is 2.25. The third kappa shape index (κ3) is 1.43. The van der Waals surface area contributed by atoms with Crippen LogP contribution in [0, 0.1) is 12.8 Å². The van der Waals surface area contributed by atoms with Crippen LogP contribution in [0.25, 0.3) is 0 Å². The highest BCUT2D eigenvalue weighted by Gasteiger charge is 2.34. The number of aryl methyl sites for hydroxylation is 1. The molecule has 1 aromatic heterocycles. The molecule has 1 aromatic rings. The molecule has 0 radical (unpaired) electrons. The first-order chi connectivity index (χ1) is 6.59. The molecule has 0 amide bonds. The van der Waals surface area contributed by atoms with E-state index in [0.29, 0.717) is 5.76 Å². The van der Waals surface area contributed by atoms with Crippen LogP contribution in [-0.4, -0.2) is 10.9 Å². The Hall–Kier alpha value is -1.58. The molecule has 0 saturated heterocycles. The fourth-order valence-corrected chi connectivity index (χ4v) is 1.37. The van der Waals surface area contributed by atoms with E-state index >= 15 is 0 Å². The summed E-state index contributed by atoms with van der Waals surface area (Å²) in [6.45, 7) is 1.55. The first-order valence-electron chi connectivity index (χ1n) is 4.47. The summed E-state index contributed by atoms with van der Waals surface area (Å²) in [5, 5.41) is 9.44. The van der Waals surface area contributed by atoms with E-state index < -0.39 is 5.63 Å². The van der Waals surface area contributed by atoms with Gasteiger partial charge in [-0.1, -0.05) is 0 Å². The minimum atomic E-state index is -0.737. The van der Waals surface area contributed by atoms with Gasteiger partial charge in [-0.15, -0.1) is 0 Å². The Morgan fingerprint density at radius 3 is 2.71 bits per heavy atom. The molecule has 2 rings (SSSR count). The Morgan fingerprint density at radius 1 is 1.57 bits per heavy atom. The van der Waals surface area contributed by atoms with Crippen LogP contribution in [0.1, 0.15) is 29.0 Å². The van der Waals surface area contributed by atoms with E-state index in [1.54, 1.807) is 6.92 Å². The van der Waals surface area contributed by atoms with Crippen molar-refractivity contribution in [3.63, 3.8) is 0 Å². The van der Waals surface area contributed by atoms with Gasteiger partial charge >= 0.3 is 5.63 Å². The second-order valence-electron chi connectivity index (χ2n) is 3.54. The van der Waals surface area contributed by atoms with Gasteiger partial charge in [0.1, 0.15) is 17.1 Å². The number of hydrogen-bond acceptors (Lipinski definition) is 4. The SMILES string of the molecule is Cc1cc(O)c(C(=O)C2CC2)c(=O)o1. The zero-order valence-corrected chi connectivity index (χ0v) is 7.74. The maximum atomic E-state index is 11.5. The number of aromatic hydroxyl groups is 1. The first kappa shape index (κ1) is 8.99. The lowest BCUT2D eigenvalue weighted by molar-refractivity contribution is 0.0960. The van der Waals surface area contributed by atoms with Crippen molar-refractivity contribution in [3.8, 4) is 5.75 Å². The van der Waals surface area contributed by atoms with E-state index in [1.165, 1.54) is 6.07 Å². The summed E-state index contributed by atoms with van der Waals surface area (Å²) in [5.41, 5.74) is -0.933. The maximum Gasteiger partial charge on any atom is 0.350 e. The van der Waals surface area contributed by atoms with Gasteiger partial charge in [0.25, 0.3) is 0 Å². The predicted octanol–water partition coefficient (Wildman–Crippen LogP) is 1.25. The number of hydrogen-bond donors (Lipinski definition) is 1. The Bertz CT molecular complexity index is 440. The lowest BCUT2D eigenvalue weighted by atomic mass is 10.1. The van der Waals surface area contributed by atoms with Gasteiger partial charge in [0.05, 0.1) is 0 Å². The zero-order valence-electron chi connectivity index (χ0n) is 7.74. The van der Waals surface area contributed by atoms with Crippen LogP contribution < -0.4 is 5.63 Å². The summed E-state index contributed by atoms with van der Waals surface area (Å²) >= 11 is 0. The largest absolute Gasteiger partial charge is 0.507 e. The molecule has 14 heavy (non-hydrogen) atoms. The van der Waals surface area contributed by atoms with Crippen LogP contribution in [0.2, 0.25) is 0 Å². The molecule has 1 heterocycles. The van der Waals surface area contributed by atoms with E-state index in [9.17, 15) is 14.7 Å². The maximum absolute atomic E-state index is 11.5. The van der Waals surface area contributed by atoms with Gasteiger partial charge in [-0.3, -0.25) is 4.79 Å². The molecule has 4 heteroatoms. The van der Waals surface area contributed by atoms with E-state index in [-0.39, 0.29) is 23.0 Å². The monoisotopic (exact) mass is 194 g/mol. The lowest BCUT2D eigenvalue weighted by Gasteiger charge is -2.00. The molecule has 0 spiro atoms. The molecule has 1 N–H and O–H groups in total. The quantitative estimate of drug-likeness (QED) is 0.719. The van der Waals surface area contributed by atoms with E-state index in [1.807, 2.05) is 0 Å². The van der Waals surface area contributed by atoms with E-state index in [2.05, 4.69) is 0 Å². The normalized spacial score (nSPS) is 15.5. The number of rotatable bonds is 2. The van der Waals surface area contributed by atoms with Gasteiger partial charge in [0.2, 0.25) is 0 Å². The lowest BCUT2D eigenvalue weighted by Crippen LogP contribution is -2.15. The Morgan fingerprint density at radius 2 is 2.21 bits per heavy atom. The van der Waals surface area contributed by atoms with Crippen LogP contribution >= 0.6 is 0 Å². The van der Waals surface area contributed by atoms with Crippen molar-refractivity contribution in [1.29, 1.82) is 0 Å². The third-order valence-corrected chi connectivity index (χ3v) is 2.25. The zero-order chi connectivity index (χ0) is 10.3. The molecule has 0 unspecified atom stereocenters. The highest BCUT2D eigenvalue weighted by Crippen LogP contribution is 2.33. The minimum Gasteiger partial charge on any atom is -0.507 e. The van der Waals surface area contributed by atoms with Gasteiger partial charge in [-0.25, -0.2) is 4.79 Å². The number of Topliss-reactive ketones (excluding diaryl/α,β-unsaturated/α-hetero) is 1. The molecule has 0 bridgehead atoms. The van der Waals surface area contributed by atoms with Crippen molar-refractivity contribution >= 4 is 5.78 Å². The number of carbonyl (C=O) groups is 1. The van der Waals surface area contributed by atoms with Gasteiger partial charge < -0.3 is 9.52 Å². The summed E-state index contributed by atoms with van der Waals surface area (Å²) in [6, 6.07) is 1.29. The van der Waals surface area contributed by atoms with E-state index in [0.717, 1.165) is 12.8 Å². The fraction of sp³-hybridized carbons (Fsp3) is 0.400. The molecular weight excluding hydrogens is 184 g/mol. The highest BCUT2D eigenvalue weighted by atomic mass is 16.4. The number of carbonyl (C=O) groups excluding carboxylic acids is 1. The molecule has 1 fully saturated rings. The predicted molar refractivity (Wildman–Crippen MR) is 48.4 cm³/mol. The second-order valence-corrected chi connectivity index (χ2v) is 3.54.